The van der Waals surface area contributed by atoms with Gasteiger partial charge in [0.2, 0.25) is 5.91 Å². The molecule has 0 radical (unpaired) electrons. The summed E-state index contributed by atoms with van der Waals surface area (Å²) in [7, 11) is 0. The number of rotatable bonds is 4. The topological polar surface area (TPSA) is 54.0 Å². The molecule has 21 heavy (non-hydrogen) atoms. The van der Waals surface area contributed by atoms with Crippen LogP contribution in [0.5, 0.6) is 0 Å². The van der Waals surface area contributed by atoms with Gasteiger partial charge in [-0.05, 0) is 26.3 Å². The zero-order valence-electron chi connectivity index (χ0n) is 11.7. The molecule has 4 nitrogen and oxygen atoms in total. The number of hydrogen-bond acceptors (Lipinski definition) is 4. The largest absolute Gasteiger partial charge is 0.434 e. The molecule has 0 bridgehead atoms. The molecule has 2 atom stereocenters. The SMILES string of the molecule is C[C@H]1C[C@@H](C(=O)NCCc2nc(C(F)(F)F)cs2)CCN1. The van der Waals surface area contributed by atoms with Gasteiger partial charge in [-0.3, -0.25) is 4.79 Å². The first-order valence-corrected chi connectivity index (χ1v) is 7.77. The Balaban J connectivity index is 1.76. The molecule has 1 aliphatic rings. The first-order valence-electron chi connectivity index (χ1n) is 6.89. The molecule has 2 heterocycles. The normalized spacial score (nSPS) is 23.0. The Morgan fingerprint density at radius 3 is 2.95 bits per heavy atom. The second-order valence-electron chi connectivity index (χ2n) is 5.24. The number of carbonyl (C=O) groups is 1. The zero-order chi connectivity index (χ0) is 15.5. The summed E-state index contributed by atoms with van der Waals surface area (Å²) in [4.78, 5) is 15.5. The first-order chi connectivity index (χ1) is 9.86. The average Bonchev–Trinajstić information content (AvgIpc) is 2.87. The van der Waals surface area contributed by atoms with Crippen LogP contribution in [0.4, 0.5) is 13.2 Å². The minimum absolute atomic E-state index is 0.0109. The number of alkyl halides is 3. The Hall–Kier alpha value is -1.15. The second kappa shape index (κ2) is 6.74. The lowest BCUT2D eigenvalue weighted by molar-refractivity contribution is -0.140. The third-order valence-corrected chi connectivity index (χ3v) is 4.38. The van der Waals surface area contributed by atoms with Crippen LogP contribution in [-0.2, 0) is 17.4 Å². The quantitative estimate of drug-likeness (QED) is 0.894. The maximum Gasteiger partial charge on any atom is 0.434 e. The van der Waals surface area contributed by atoms with Gasteiger partial charge < -0.3 is 10.6 Å². The molecule has 1 aliphatic heterocycles. The Bertz CT molecular complexity index is 489. The smallest absolute Gasteiger partial charge is 0.355 e. The fourth-order valence-corrected chi connectivity index (χ4v) is 3.17. The summed E-state index contributed by atoms with van der Waals surface area (Å²) in [6.07, 6.45) is -2.48. The molecule has 2 N–H and O–H groups in total. The molecule has 1 aromatic rings. The van der Waals surface area contributed by atoms with Crippen LogP contribution in [-0.4, -0.2) is 30.0 Å². The summed E-state index contributed by atoms with van der Waals surface area (Å²) >= 11 is 0.972. The molecular formula is C13H18F3N3OS. The number of hydrogen-bond donors (Lipinski definition) is 2. The number of halogens is 3. The fraction of sp³-hybridized carbons (Fsp3) is 0.692. The molecule has 1 amide bonds. The Labute approximate surface area is 125 Å². The Morgan fingerprint density at radius 1 is 1.57 bits per heavy atom. The maximum absolute atomic E-state index is 12.4. The number of piperidine rings is 1. The monoisotopic (exact) mass is 321 g/mol. The van der Waals surface area contributed by atoms with Crippen LogP contribution in [0.2, 0.25) is 0 Å². The summed E-state index contributed by atoms with van der Waals surface area (Å²) in [5, 5.41) is 7.45. The highest BCUT2D eigenvalue weighted by Crippen LogP contribution is 2.30. The van der Waals surface area contributed by atoms with Crippen LogP contribution >= 0.6 is 11.3 Å². The van der Waals surface area contributed by atoms with Crippen molar-refractivity contribution in [3.05, 3.63) is 16.1 Å². The summed E-state index contributed by atoms with van der Waals surface area (Å²) in [6, 6.07) is 0.322. The number of nitrogens with zero attached hydrogens (tertiary/aromatic N) is 1. The van der Waals surface area contributed by atoms with Gasteiger partial charge in [0.15, 0.2) is 5.69 Å². The van der Waals surface area contributed by atoms with Gasteiger partial charge in [0.1, 0.15) is 0 Å². The van der Waals surface area contributed by atoms with E-state index < -0.39 is 11.9 Å². The van der Waals surface area contributed by atoms with E-state index >= 15 is 0 Å². The van der Waals surface area contributed by atoms with E-state index in [2.05, 4.69) is 15.6 Å². The predicted octanol–water partition coefficient (Wildman–Crippen LogP) is 2.21. The summed E-state index contributed by atoms with van der Waals surface area (Å²) < 4.78 is 37.2. The van der Waals surface area contributed by atoms with Crippen molar-refractivity contribution in [1.29, 1.82) is 0 Å². The highest BCUT2D eigenvalue weighted by atomic mass is 32.1. The number of thiazole rings is 1. The highest BCUT2D eigenvalue weighted by Gasteiger charge is 2.33. The van der Waals surface area contributed by atoms with Gasteiger partial charge in [-0.1, -0.05) is 0 Å². The van der Waals surface area contributed by atoms with E-state index in [1.54, 1.807) is 0 Å². The van der Waals surface area contributed by atoms with E-state index in [9.17, 15) is 18.0 Å². The van der Waals surface area contributed by atoms with E-state index in [0.29, 0.717) is 24.0 Å². The highest BCUT2D eigenvalue weighted by molar-refractivity contribution is 7.09. The van der Waals surface area contributed by atoms with Crippen molar-refractivity contribution in [2.45, 2.75) is 38.4 Å². The molecule has 0 aromatic carbocycles. The zero-order valence-corrected chi connectivity index (χ0v) is 12.5. The molecule has 118 valence electrons. The van der Waals surface area contributed by atoms with Crippen LogP contribution in [0.15, 0.2) is 5.38 Å². The molecule has 1 fully saturated rings. The van der Waals surface area contributed by atoms with Crippen molar-refractivity contribution in [2.75, 3.05) is 13.1 Å². The van der Waals surface area contributed by atoms with Gasteiger partial charge >= 0.3 is 6.18 Å². The lowest BCUT2D eigenvalue weighted by Gasteiger charge is -2.27. The van der Waals surface area contributed by atoms with Crippen LogP contribution < -0.4 is 10.6 Å². The minimum atomic E-state index is -4.40. The molecule has 8 heteroatoms. The second-order valence-corrected chi connectivity index (χ2v) is 6.18. The van der Waals surface area contributed by atoms with Crippen molar-refractivity contribution < 1.29 is 18.0 Å². The van der Waals surface area contributed by atoms with Gasteiger partial charge in [-0.15, -0.1) is 11.3 Å². The van der Waals surface area contributed by atoms with Gasteiger partial charge in [0.25, 0.3) is 0 Å². The Morgan fingerprint density at radius 2 is 2.33 bits per heavy atom. The van der Waals surface area contributed by atoms with Crippen molar-refractivity contribution in [2.24, 2.45) is 5.92 Å². The minimum Gasteiger partial charge on any atom is -0.355 e. The van der Waals surface area contributed by atoms with Crippen LogP contribution in [0.3, 0.4) is 0 Å². The van der Waals surface area contributed by atoms with E-state index in [0.717, 1.165) is 36.1 Å². The third kappa shape index (κ3) is 4.67. The molecule has 0 saturated carbocycles. The molecule has 0 unspecified atom stereocenters. The number of carbonyl (C=O) groups excluding carboxylic acids is 1. The standard InChI is InChI=1S/C13H18F3N3OS/c1-8-6-9(2-4-17-8)12(20)18-5-3-11-19-10(7-21-11)13(14,15)16/h7-9,17H,2-6H2,1H3,(H,18,20)/t8-,9-/m0/s1. The van der Waals surface area contributed by atoms with Crippen molar-refractivity contribution >= 4 is 17.2 Å². The van der Waals surface area contributed by atoms with E-state index in [1.165, 1.54) is 0 Å². The van der Waals surface area contributed by atoms with E-state index in [4.69, 9.17) is 0 Å². The molecular weight excluding hydrogens is 303 g/mol. The van der Waals surface area contributed by atoms with Gasteiger partial charge in [0.05, 0.1) is 5.01 Å². The van der Waals surface area contributed by atoms with E-state index in [1.807, 2.05) is 6.92 Å². The maximum atomic E-state index is 12.4. The van der Waals surface area contributed by atoms with Crippen LogP contribution in [0.1, 0.15) is 30.5 Å². The average molecular weight is 321 g/mol. The summed E-state index contributed by atoms with van der Waals surface area (Å²) in [5.74, 6) is -0.0285. The lowest BCUT2D eigenvalue weighted by Crippen LogP contribution is -2.42. The fourth-order valence-electron chi connectivity index (χ4n) is 2.36. The van der Waals surface area contributed by atoms with Crippen LogP contribution in [0.25, 0.3) is 0 Å². The lowest BCUT2D eigenvalue weighted by atomic mass is 9.92. The van der Waals surface area contributed by atoms with Gasteiger partial charge in [0, 0.05) is 30.3 Å². The van der Waals surface area contributed by atoms with Gasteiger partial charge in [-0.2, -0.15) is 13.2 Å². The predicted molar refractivity (Wildman–Crippen MR) is 74.0 cm³/mol. The van der Waals surface area contributed by atoms with Gasteiger partial charge in [-0.25, -0.2) is 4.98 Å². The summed E-state index contributed by atoms with van der Waals surface area (Å²) in [5.41, 5.74) is -0.860. The van der Waals surface area contributed by atoms with Crippen molar-refractivity contribution in [3.8, 4) is 0 Å². The number of amides is 1. The van der Waals surface area contributed by atoms with Crippen LogP contribution in [0, 0.1) is 5.92 Å². The van der Waals surface area contributed by atoms with Crippen molar-refractivity contribution in [1.82, 2.24) is 15.6 Å². The molecule has 2 rings (SSSR count). The molecule has 1 aromatic heterocycles. The van der Waals surface area contributed by atoms with E-state index in [-0.39, 0.29) is 11.8 Å². The molecule has 0 spiro atoms. The Kier molecular flexibility index (Phi) is 5.21. The van der Waals surface area contributed by atoms with Crippen molar-refractivity contribution in [3.63, 3.8) is 0 Å². The number of nitrogens with one attached hydrogen (secondary N) is 2. The summed E-state index contributed by atoms with van der Waals surface area (Å²) in [6.45, 7) is 3.18. The molecule has 1 saturated heterocycles. The first kappa shape index (κ1) is 16.2. The molecule has 0 aliphatic carbocycles. The number of aromatic nitrogens is 1. The third-order valence-electron chi connectivity index (χ3n) is 3.47.